The number of amides is 1. The zero-order valence-corrected chi connectivity index (χ0v) is 20.7. The Labute approximate surface area is 207 Å². The van der Waals surface area contributed by atoms with E-state index in [9.17, 15) is 4.79 Å². The predicted molar refractivity (Wildman–Crippen MR) is 137 cm³/mol. The summed E-state index contributed by atoms with van der Waals surface area (Å²) in [6.45, 7) is 1.84. The van der Waals surface area contributed by atoms with E-state index in [4.69, 9.17) is 28.3 Å². The van der Waals surface area contributed by atoms with E-state index in [1.807, 2.05) is 79.0 Å². The first-order chi connectivity index (χ1) is 15.9. The van der Waals surface area contributed by atoms with Crippen LogP contribution in [0.25, 0.3) is 16.3 Å². The third-order valence-electron chi connectivity index (χ3n) is 5.17. The van der Waals surface area contributed by atoms with Gasteiger partial charge in [0.05, 0.1) is 20.6 Å². The van der Waals surface area contributed by atoms with Crippen molar-refractivity contribution in [2.24, 2.45) is 0 Å². The van der Waals surface area contributed by atoms with Crippen LogP contribution in [0.2, 0.25) is 10.0 Å². The average molecular weight is 499 g/mol. The fourth-order valence-corrected chi connectivity index (χ4v) is 4.40. The monoisotopic (exact) mass is 498 g/mol. The van der Waals surface area contributed by atoms with E-state index in [1.165, 1.54) is 0 Å². The summed E-state index contributed by atoms with van der Waals surface area (Å²) in [5, 5.41) is 7.63. The van der Waals surface area contributed by atoms with Crippen molar-refractivity contribution in [2.45, 2.75) is 6.54 Å². The maximum absolute atomic E-state index is 13.9. The Bertz CT molecular complexity index is 1220. The van der Waals surface area contributed by atoms with Crippen LogP contribution in [0.15, 0.2) is 72.1 Å². The molecule has 1 amide bonds. The molecule has 2 aromatic heterocycles. The summed E-state index contributed by atoms with van der Waals surface area (Å²) >= 11 is 14.0. The normalized spacial score (nSPS) is 11.2. The number of halogens is 2. The molecule has 0 spiro atoms. The van der Waals surface area contributed by atoms with Gasteiger partial charge in [0.15, 0.2) is 0 Å². The van der Waals surface area contributed by atoms with Crippen molar-refractivity contribution in [1.82, 2.24) is 19.6 Å². The van der Waals surface area contributed by atoms with Crippen LogP contribution in [0.1, 0.15) is 16.1 Å². The highest BCUT2D eigenvalue weighted by Gasteiger charge is 2.24. The van der Waals surface area contributed by atoms with Crippen molar-refractivity contribution >= 4 is 40.4 Å². The molecule has 0 unspecified atom stereocenters. The summed E-state index contributed by atoms with van der Waals surface area (Å²) in [5.41, 5.74) is 2.98. The van der Waals surface area contributed by atoms with Crippen LogP contribution in [-0.4, -0.2) is 52.7 Å². The molecule has 5 nitrogen and oxygen atoms in total. The van der Waals surface area contributed by atoms with Crippen LogP contribution in [0.4, 0.5) is 0 Å². The zero-order valence-electron chi connectivity index (χ0n) is 18.4. The number of aromatic nitrogens is 2. The van der Waals surface area contributed by atoms with Crippen LogP contribution < -0.4 is 0 Å². The SMILES string of the molecule is CN(C)CCN(Cc1ccccc1)C(=O)c1cc(-c2cccs2)nn1-c1ccc(Cl)c(Cl)c1. The fourth-order valence-electron chi connectivity index (χ4n) is 3.43. The van der Waals surface area contributed by atoms with Gasteiger partial charge in [-0.3, -0.25) is 4.79 Å². The maximum Gasteiger partial charge on any atom is 0.272 e. The topological polar surface area (TPSA) is 41.4 Å². The van der Waals surface area contributed by atoms with E-state index in [-0.39, 0.29) is 5.91 Å². The van der Waals surface area contributed by atoms with E-state index in [0.29, 0.717) is 34.5 Å². The van der Waals surface area contributed by atoms with E-state index < -0.39 is 0 Å². The minimum absolute atomic E-state index is 0.0953. The maximum atomic E-state index is 13.9. The zero-order chi connectivity index (χ0) is 23.4. The smallest absolute Gasteiger partial charge is 0.272 e. The molecule has 33 heavy (non-hydrogen) atoms. The second-order valence-electron chi connectivity index (χ2n) is 7.92. The Morgan fingerprint density at radius 3 is 2.42 bits per heavy atom. The first-order valence-corrected chi connectivity index (χ1v) is 12.1. The summed E-state index contributed by atoms with van der Waals surface area (Å²) in [6.07, 6.45) is 0. The van der Waals surface area contributed by atoms with Crippen LogP contribution in [0, 0.1) is 0 Å². The quantitative estimate of drug-likeness (QED) is 0.294. The van der Waals surface area contributed by atoms with Gasteiger partial charge in [-0.2, -0.15) is 5.10 Å². The van der Waals surface area contributed by atoms with Gasteiger partial charge in [0.25, 0.3) is 5.91 Å². The Kier molecular flexibility index (Phi) is 7.50. The highest BCUT2D eigenvalue weighted by molar-refractivity contribution is 7.13. The number of rotatable bonds is 8. The summed E-state index contributed by atoms with van der Waals surface area (Å²) in [6, 6.07) is 21.1. The summed E-state index contributed by atoms with van der Waals surface area (Å²) in [4.78, 5) is 18.8. The molecule has 0 saturated carbocycles. The molecule has 4 aromatic rings. The third kappa shape index (κ3) is 5.65. The lowest BCUT2D eigenvalue weighted by Crippen LogP contribution is -2.37. The average Bonchev–Trinajstić information content (AvgIpc) is 3.49. The van der Waals surface area contributed by atoms with Gasteiger partial charge < -0.3 is 9.80 Å². The molecular formula is C25H24Cl2N4OS. The van der Waals surface area contributed by atoms with Gasteiger partial charge in [0.2, 0.25) is 0 Å². The molecule has 0 bridgehead atoms. The van der Waals surface area contributed by atoms with Crippen molar-refractivity contribution in [3.05, 3.63) is 93.4 Å². The van der Waals surface area contributed by atoms with Crippen molar-refractivity contribution in [2.75, 3.05) is 27.2 Å². The minimum atomic E-state index is -0.0953. The number of hydrogen-bond donors (Lipinski definition) is 0. The number of thiophene rings is 1. The molecular weight excluding hydrogens is 475 g/mol. The molecule has 0 radical (unpaired) electrons. The van der Waals surface area contributed by atoms with Crippen LogP contribution in [-0.2, 0) is 6.54 Å². The Hall–Kier alpha value is -2.64. The molecule has 4 rings (SSSR count). The molecule has 0 aliphatic heterocycles. The highest BCUT2D eigenvalue weighted by atomic mass is 35.5. The molecule has 0 fully saturated rings. The summed E-state index contributed by atoms with van der Waals surface area (Å²) in [7, 11) is 4.00. The summed E-state index contributed by atoms with van der Waals surface area (Å²) < 4.78 is 1.66. The summed E-state index contributed by atoms with van der Waals surface area (Å²) in [5.74, 6) is -0.0953. The van der Waals surface area contributed by atoms with E-state index in [2.05, 4.69) is 4.90 Å². The van der Waals surface area contributed by atoms with Crippen molar-refractivity contribution in [3.63, 3.8) is 0 Å². The van der Waals surface area contributed by atoms with Gasteiger partial charge in [-0.1, -0.05) is 59.6 Å². The van der Waals surface area contributed by atoms with Gasteiger partial charge in [-0.25, -0.2) is 4.68 Å². The van der Waals surface area contributed by atoms with Crippen LogP contribution >= 0.6 is 34.5 Å². The largest absolute Gasteiger partial charge is 0.332 e. The van der Waals surface area contributed by atoms with Crippen molar-refractivity contribution < 1.29 is 4.79 Å². The molecule has 0 N–H and O–H groups in total. The number of hydrogen-bond acceptors (Lipinski definition) is 4. The van der Waals surface area contributed by atoms with Crippen molar-refractivity contribution in [1.29, 1.82) is 0 Å². The number of nitrogens with zero attached hydrogens (tertiary/aromatic N) is 4. The first-order valence-electron chi connectivity index (χ1n) is 10.5. The number of carbonyl (C=O) groups is 1. The van der Waals surface area contributed by atoms with Gasteiger partial charge in [-0.15, -0.1) is 11.3 Å². The number of likely N-dealkylation sites (N-methyl/N-ethyl adjacent to an activating group) is 1. The molecule has 2 heterocycles. The lowest BCUT2D eigenvalue weighted by atomic mass is 10.2. The van der Waals surface area contributed by atoms with E-state index in [1.54, 1.807) is 28.2 Å². The molecule has 0 aliphatic carbocycles. The lowest BCUT2D eigenvalue weighted by Gasteiger charge is -2.25. The molecule has 2 aromatic carbocycles. The van der Waals surface area contributed by atoms with Crippen LogP contribution in [0.3, 0.4) is 0 Å². The number of benzene rings is 2. The second kappa shape index (κ2) is 10.5. The van der Waals surface area contributed by atoms with Gasteiger partial charge in [0, 0.05) is 19.6 Å². The van der Waals surface area contributed by atoms with Gasteiger partial charge in [-0.05, 0) is 55.4 Å². The Morgan fingerprint density at radius 1 is 0.970 bits per heavy atom. The van der Waals surface area contributed by atoms with Crippen molar-refractivity contribution in [3.8, 4) is 16.3 Å². The van der Waals surface area contributed by atoms with E-state index in [0.717, 1.165) is 22.7 Å². The molecule has 0 aliphatic rings. The fraction of sp³-hybridized carbons (Fsp3) is 0.200. The second-order valence-corrected chi connectivity index (χ2v) is 9.68. The number of carbonyl (C=O) groups excluding carboxylic acids is 1. The minimum Gasteiger partial charge on any atom is -0.332 e. The first kappa shape index (κ1) is 23.5. The Morgan fingerprint density at radius 2 is 1.76 bits per heavy atom. The molecule has 0 saturated heterocycles. The van der Waals surface area contributed by atoms with Gasteiger partial charge >= 0.3 is 0 Å². The molecule has 8 heteroatoms. The lowest BCUT2D eigenvalue weighted by molar-refractivity contribution is 0.0722. The Balaban J connectivity index is 1.76. The standard InChI is InChI=1S/C25H24Cl2N4OS/c1-29(2)12-13-30(17-18-7-4-3-5-8-18)25(32)23-16-22(24-9-6-14-33-24)28-31(23)19-10-11-20(26)21(27)15-19/h3-11,14-16H,12-13,17H2,1-2H3. The van der Waals surface area contributed by atoms with E-state index >= 15 is 0 Å². The highest BCUT2D eigenvalue weighted by Crippen LogP contribution is 2.29. The van der Waals surface area contributed by atoms with Gasteiger partial charge in [0.1, 0.15) is 11.4 Å². The van der Waals surface area contributed by atoms with Crippen LogP contribution in [0.5, 0.6) is 0 Å². The molecule has 170 valence electrons. The molecule has 0 atom stereocenters. The predicted octanol–water partition coefficient (Wildman–Crippen LogP) is 6.11. The third-order valence-corrected chi connectivity index (χ3v) is 6.80.